The lowest BCUT2D eigenvalue weighted by Crippen LogP contribution is -2.15. The van der Waals surface area contributed by atoms with Gasteiger partial charge in [-0.15, -0.1) is 0 Å². The summed E-state index contributed by atoms with van der Waals surface area (Å²) in [5, 5.41) is 16.3. The number of aliphatic carboxylic acids is 1. The number of hydrogen-bond acceptors (Lipinski definition) is 3. The molecule has 21 heavy (non-hydrogen) atoms. The summed E-state index contributed by atoms with van der Waals surface area (Å²) in [6, 6.07) is 7.97. The third-order valence-corrected chi connectivity index (χ3v) is 3.68. The van der Waals surface area contributed by atoms with Gasteiger partial charge in [0.05, 0.1) is 11.4 Å². The summed E-state index contributed by atoms with van der Waals surface area (Å²) < 4.78 is 2.89. The van der Waals surface area contributed by atoms with E-state index < -0.39 is 5.97 Å². The minimum atomic E-state index is -0.754. The van der Waals surface area contributed by atoms with Gasteiger partial charge in [0.15, 0.2) is 0 Å². The molecule has 2 rings (SSSR count). The van der Waals surface area contributed by atoms with Crippen LogP contribution in [0.1, 0.15) is 24.1 Å². The fourth-order valence-electron chi connectivity index (χ4n) is 1.98. The zero-order valence-corrected chi connectivity index (χ0v) is 13.4. The maximum Gasteiger partial charge on any atom is 0.303 e. The Kier molecular flexibility index (Phi) is 5.52. The number of carboxylic acids is 1. The van der Waals surface area contributed by atoms with E-state index in [1.54, 1.807) is 0 Å². The third-order valence-electron chi connectivity index (χ3n) is 3.15. The maximum atomic E-state index is 10.4. The second-order valence-electron chi connectivity index (χ2n) is 4.83. The second kappa shape index (κ2) is 7.38. The maximum absolute atomic E-state index is 10.4. The van der Waals surface area contributed by atoms with Crippen LogP contribution in [0.25, 0.3) is 5.69 Å². The van der Waals surface area contributed by atoms with Crippen LogP contribution in [0.2, 0.25) is 0 Å². The predicted molar refractivity (Wildman–Crippen MR) is 84.6 cm³/mol. The van der Waals surface area contributed by atoms with Gasteiger partial charge in [-0.3, -0.25) is 4.79 Å². The molecule has 6 heteroatoms. The molecule has 0 radical (unpaired) electrons. The largest absolute Gasteiger partial charge is 0.481 e. The van der Waals surface area contributed by atoms with Gasteiger partial charge >= 0.3 is 5.97 Å². The highest BCUT2D eigenvalue weighted by Crippen LogP contribution is 2.15. The van der Waals surface area contributed by atoms with Crippen molar-refractivity contribution in [1.29, 1.82) is 0 Å². The van der Waals surface area contributed by atoms with Crippen molar-refractivity contribution in [1.82, 2.24) is 15.1 Å². The molecule has 1 aromatic heterocycles. The van der Waals surface area contributed by atoms with E-state index >= 15 is 0 Å². The smallest absolute Gasteiger partial charge is 0.303 e. The van der Waals surface area contributed by atoms with E-state index in [4.69, 9.17) is 5.11 Å². The Morgan fingerprint density at radius 1 is 1.38 bits per heavy atom. The van der Waals surface area contributed by atoms with Crippen LogP contribution in [-0.2, 0) is 11.3 Å². The quantitative estimate of drug-likeness (QED) is 0.752. The summed E-state index contributed by atoms with van der Waals surface area (Å²) in [6.07, 6.45) is 2.84. The molecule has 0 unspecified atom stereocenters. The minimum Gasteiger partial charge on any atom is -0.481 e. The number of nitrogens with one attached hydrogen (secondary N) is 1. The summed E-state index contributed by atoms with van der Waals surface area (Å²) in [5.74, 6) is -0.754. The van der Waals surface area contributed by atoms with Crippen LogP contribution < -0.4 is 5.32 Å². The number of aryl methyl sites for hydroxylation is 1. The fraction of sp³-hybridized carbons (Fsp3) is 0.333. The summed E-state index contributed by atoms with van der Waals surface area (Å²) in [4.78, 5) is 10.4. The molecule has 0 spiro atoms. The van der Waals surface area contributed by atoms with E-state index in [9.17, 15) is 4.79 Å². The van der Waals surface area contributed by atoms with Gasteiger partial charge in [-0.25, -0.2) is 4.68 Å². The first-order valence-electron chi connectivity index (χ1n) is 6.80. The van der Waals surface area contributed by atoms with Gasteiger partial charge in [0.1, 0.15) is 0 Å². The molecule has 0 aliphatic carbocycles. The van der Waals surface area contributed by atoms with Gasteiger partial charge in [-0.1, -0.05) is 15.9 Å². The average molecular weight is 352 g/mol. The molecule has 2 N–H and O–H groups in total. The highest BCUT2D eigenvalue weighted by atomic mass is 79.9. The van der Waals surface area contributed by atoms with Crippen molar-refractivity contribution in [3.63, 3.8) is 0 Å². The number of carbonyl (C=O) groups is 1. The van der Waals surface area contributed by atoms with Crippen molar-refractivity contribution >= 4 is 21.9 Å². The summed E-state index contributed by atoms with van der Waals surface area (Å²) in [7, 11) is 0. The van der Waals surface area contributed by atoms with Gasteiger partial charge in [-0.05, 0) is 44.2 Å². The molecular formula is C15H18BrN3O2. The van der Waals surface area contributed by atoms with E-state index in [0.29, 0.717) is 19.5 Å². The number of rotatable bonds is 7. The van der Waals surface area contributed by atoms with Crippen molar-refractivity contribution in [2.75, 3.05) is 6.54 Å². The van der Waals surface area contributed by atoms with Gasteiger partial charge in [0.25, 0.3) is 0 Å². The van der Waals surface area contributed by atoms with E-state index in [2.05, 4.69) is 26.3 Å². The van der Waals surface area contributed by atoms with Gasteiger partial charge in [-0.2, -0.15) is 5.10 Å². The van der Waals surface area contributed by atoms with Crippen LogP contribution in [-0.4, -0.2) is 27.4 Å². The molecule has 0 aliphatic rings. The SMILES string of the molecule is Cc1nn(-c2ccc(Br)cc2)cc1CNCCCC(=O)O. The lowest BCUT2D eigenvalue weighted by atomic mass is 10.2. The second-order valence-corrected chi connectivity index (χ2v) is 5.75. The molecule has 0 saturated heterocycles. The van der Waals surface area contributed by atoms with Crippen LogP contribution in [0.15, 0.2) is 34.9 Å². The normalized spacial score (nSPS) is 10.8. The zero-order chi connectivity index (χ0) is 15.2. The first-order valence-corrected chi connectivity index (χ1v) is 7.59. The summed E-state index contributed by atoms with van der Waals surface area (Å²) in [5.41, 5.74) is 3.11. The van der Waals surface area contributed by atoms with E-state index in [-0.39, 0.29) is 6.42 Å². The molecule has 0 aliphatic heterocycles. The molecule has 0 fully saturated rings. The van der Waals surface area contributed by atoms with Gasteiger partial charge in [0.2, 0.25) is 0 Å². The minimum absolute atomic E-state index is 0.199. The lowest BCUT2D eigenvalue weighted by molar-refractivity contribution is -0.137. The van der Waals surface area contributed by atoms with Crippen LogP contribution in [0.3, 0.4) is 0 Å². The molecule has 1 heterocycles. The highest BCUT2D eigenvalue weighted by Gasteiger charge is 2.06. The van der Waals surface area contributed by atoms with Gasteiger partial charge < -0.3 is 10.4 Å². The average Bonchev–Trinajstić information content (AvgIpc) is 2.80. The zero-order valence-electron chi connectivity index (χ0n) is 11.8. The molecule has 0 amide bonds. The Bertz CT molecular complexity index is 608. The van der Waals surface area contributed by atoms with Crippen molar-refractivity contribution in [3.05, 3.63) is 46.2 Å². The Balaban J connectivity index is 1.93. The predicted octanol–water partition coefficient (Wildman–Crippen LogP) is 2.90. The fourth-order valence-corrected chi connectivity index (χ4v) is 2.25. The van der Waals surface area contributed by atoms with Crippen molar-refractivity contribution in [3.8, 4) is 5.69 Å². The highest BCUT2D eigenvalue weighted by molar-refractivity contribution is 9.10. The summed E-state index contributed by atoms with van der Waals surface area (Å²) in [6.45, 7) is 3.36. The Morgan fingerprint density at radius 3 is 2.76 bits per heavy atom. The van der Waals surface area contributed by atoms with E-state index in [0.717, 1.165) is 21.4 Å². The van der Waals surface area contributed by atoms with Crippen molar-refractivity contribution in [2.24, 2.45) is 0 Å². The number of halogens is 1. The topological polar surface area (TPSA) is 67.2 Å². The molecule has 5 nitrogen and oxygen atoms in total. The molecule has 2 aromatic rings. The monoisotopic (exact) mass is 351 g/mol. The van der Waals surface area contributed by atoms with Crippen LogP contribution >= 0.6 is 15.9 Å². The number of carboxylic acid groups (broad SMARTS) is 1. The molecule has 0 atom stereocenters. The number of benzene rings is 1. The standard InChI is InChI=1S/C15H18BrN3O2/c1-11-12(9-17-8-2-3-15(20)21)10-19(18-11)14-6-4-13(16)5-7-14/h4-7,10,17H,2-3,8-9H2,1H3,(H,20,21). The number of hydrogen-bond donors (Lipinski definition) is 2. The van der Waals surface area contributed by atoms with Crippen molar-refractivity contribution < 1.29 is 9.90 Å². The van der Waals surface area contributed by atoms with Crippen LogP contribution in [0.5, 0.6) is 0 Å². The molecule has 112 valence electrons. The molecular weight excluding hydrogens is 334 g/mol. The molecule has 0 bridgehead atoms. The lowest BCUT2D eigenvalue weighted by Gasteiger charge is -2.02. The third kappa shape index (κ3) is 4.68. The Labute approximate surface area is 132 Å². The summed E-state index contributed by atoms with van der Waals surface area (Å²) >= 11 is 3.42. The molecule has 0 saturated carbocycles. The molecule has 1 aromatic carbocycles. The van der Waals surface area contributed by atoms with E-state index in [1.807, 2.05) is 42.1 Å². The Hall–Kier alpha value is -1.66. The number of nitrogens with zero attached hydrogens (tertiary/aromatic N) is 2. The van der Waals surface area contributed by atoms with Gasteiger partial charge in [0, 0.05) is 29.2 Å². The first-order chi connectivity index (χ1) is 10.1. The van der Waals surface area contributed by atoms with Crippen LogP contribution in [0, 0.1) is 6.92 Å². The van der Waals surface area contributed by atoms with E-state index in [1.165, 1.54) is 0 Å². The van der Waals surface area contributed by atoms with Crippen molar-refractivity contribution in [2.45, 2.75) is 26.3 Å². The Morgan fingerprint density at radius 2 is 2.10 bits per heavy atom. The van der Waals surface area contributed by atoms with Crippen LogP contribution in [0.4, 0.5) is 0 Å². The number of aromatic nitrogens is 2. The first kappa shape index (κ1) is 15.7.